The van der Waals surface area contributed by atoms with Crippen molar-refractivity contribution in [3.63, 3.8) is 0 Å². The third-order valence-corrected chi connectivity index (χ3v) is 6.00. The van der Waals surface area contributed by atoms with Crippen LogP contribution in [-0.2, 0) is 6.42 Å². The number of thiophene rings is 1. The molecule has 1 aliphatic heterocycles. The maximum absolute atomic E-state index is 12.4. The first-order valence-electron chi connectivity index (χ1n) is 9.27. The van der Waals surface area contributed by atoms with Crippen molar-refractivity contribution >= 4 is 33.5 Å². The first-order chi connectivity index (χ1) is 13.7. The maximum Gasteiger partial charge on any atom is 0.415 e. The number of hydrogen-bond donors (Lipinski definition) is 0. The highest BCUT2D eigenvalue weighted by atomic mass is 32.1. The first-order valence-corrected chi connectivity index (χ1v) is 10.1. The summed E-state index contributed by atoms with van der Waals surface area (Å²) in [6.07, 6.45) is 2.28. The van der Waals surface area contributed by atoms with Crippen LogP contribution in [0.4, 0.5) is 10.6 Å². The topological polar surface area (TPSA) is 67.8 Å². The van der Waals surface area contributed by atoms with Gasteiger partial charge in [0.2, 0.25) is 0 Å². The molecule has 3 aromatic rings. The molecule has 7 nitrogen and oxygen atoms in total. The number of benzene rings is 1. The third-order valence-electron chi connectivity index (χ3n) is 4.81. The van der Waals surface area contributed by atoms with E-state index in [2.05, 4.69) is 27.9 Å². The highest BCUT2D eigenvalue weighted by Crippen LogP contribution is 2.31. The van der Waals surface area contributed by atoms with Crippen molar-refractivity contribution in [2.75, 3.05) is 38.2 Å². The fourth-order valence-corrected chi connectivity index (χ4v) is 4.16. The van der Waals surface area contributed by atoms with Gasteiger partial charge in [-0.1, -0.05) is 6.92 Å². The number of nitrogens with zero attached hydrogens (tertiary/aromatic N) is 4. The zero-order valence-electron chi connectivity index (χ0n) is 15.9. The van der Waals surface area contributed by atoms with Gasteiger partial charge in [-0.15, -0.1) is 11.3 Å². The summed E-state index contributed by atoms with van der Waals surface area (Å²) < 4.78 is 10.6. The fraction of sp³-hybridized carbons (Fsp3) is 0.350. The molecule has 0 aliphatic carbocycles. The van der Waals surface area contributed by atoms with E-state index < -0.39 is 0 Å². The number of carbonyl (C=O) groups excluding carboxylic acids is 1. The van der Waals surface area contributed by atoms with Gasteiger partial charge in [0, 0.05) is 31.1 Å². The standard InChI is InChI=1S/C20H22N4O3S/c1-3-16-12-17-18(21-13-22-19(17)28-16)23-8-10-24(11-9-23)20(25)27-15-6-4-14(26-2)5-7-15/h4-7,12-13H,3,8-11H2,1-2H3. The van der Waals surface area contributed by atoms with Crippen LogP contribution in [0.25, 0.3) is 10.2 Å². The molecule has 1 aromatic carbocycles. The van der Waals surface area contributed by atoms with Gasteiger partial charge >= 0.3 is 6.09 Å². The summed E-state index contributed by atoms with van der Waals surface area (Å²) in [6, 6.07) is 9.18. The highest BCUT2D eigenvalue weighted by molar-refractivity contribution is 7.18. The SMILES string of the molecule is CCc1cc2c(N3CCN(C(=O)Oc4ccc(OC)cc4)CC3)ncnc2s1. The molecule has 2 aromatic heterocycles. The van der Waals surface area contributed by atoms with Crippen molar-refractivity contribution in [3.8, 4) is 11.5 Å². The number of piperazine rings is 1. The fourth-order valence-electron chi connectivity index (χ4n) is 3.23. The summed E-state index contributed by atoms with van der Waals surface area (Å²) in [7, 11) is 1.60. The maximum atomic E-state index is 12.4. The van der Waals surface area contributed by atoms with E-state index in [1.54, 1.807) is 53.9 Å². The summed E-state index contributed by atoms with van der Waals surface area (Å²) in [5.41, 5.74) is 0. The van der Waals surface area contributed by atoms with Crippen molar-refractivity contribution in [3.05, 3.63) is 41.5 Å². The molecule has 8 heteroatoms. The van der Waals surface area contributed by atoms with Gasteiger partial charge in [-0.2, -0.15) is 0 Å². The van der Waals surface area contributed by atoms with E-state index in [0.717, 1.165) is 28.2 Å². The number of amides is 1. The van der Waals surface area contributed by atoms with Crippen LogP contribution in [-0.4, -0.2) is 54.2 Å². The van der Waals surface area contributed by atoms with E-state index in [1.165, 1.54) is 4.88 Å². The summed E-state index contributed by atoms with van der Waals surface area (Å²) in [4.78, 5) is 27.6. The second-order valence-corrected chi connectivity index (χ2v) is 7.62. The number of hydrogen-bond acceptors (Lipinski definition) is 7. The molecule has 146 valence electrons. The molecule has 0 N–H and O–H groups in total. The number of aromatic nitrogens is 2. The summed E-state index contributed by atoms with van der Waals surface area (Å²) in [5, 5.41) is 1.10. The molecule has 4 rings (SSSR count). The summed E-state index contributed by atoms with van der Waals surface area (Å²) >= 11 is 1.71. The molecule has 3 heterocycles. The average molecular weight is 398 g/mol. The number of fused-ring (bicyclic) bond motifs is 1. The lowest BCUT2D eigenvalue weighted by Crippen LogP contribution is -2.49. The van der Waals surface area contributed by atoms with Crippen LogP contribution < -0.4 is 14.4 Å². The minimum absolute atomic E-state index is 0.332. The number of ether oxygens (including phenoxy) is 2. The molecule has 0 radical (unpaired) electrons. The van der Waals surface area contributed by atoms with Crippen molar-refractivity contribution in [2.24, 2.45) is 0 Å². The van der Waals surface area contributed by atoms with Crippen molar-refractivity contribution in [2.45, 2.75) is 13.3 Å². The number of aryl methyl sites for hydroxylation is 1. The van der Waals surface area contributed by atoms with Crippen LogP contribution in [0.15, 0.2) is 36.7 Å². The van der Waals surface area contributed by atoms with Gasteiger partial charge in [-0.05, 0) is 36.8 Å². The van der Waals surface area contributed by atoms with Gasteiger partial charge in [0.25, 0.3) is 0 Å². The molecule has 0 saturated carbocycles. The summed E-state index contributed by atoms with van der Waals surface area (Å²) in [5.74, 6) is 2.18. The molecule has 1 fully saturated rings. The average Bonchev–Trinajstić information content (AvgIpc) is 3.18. The molecule has 1 amide bonds. The quantitative estimate of drug-likeness (QED) is 0.669. The molecule has 1 saturated heterocycles. The lowest BCUT2D eigenvalue weighted by Gasteiger charge is -2.34. The Morgan fingerprint density at radius 1 is 1.11 bits per heavy atom. The second-order valence-electron chi connectivity index (χ2n) is 6.50. The van der Waals surface area contributed by atoms with E-state index in [4.69, 9.17) is 9.47 Å². The van der Waals surface area contributed by atoms with Gasteiger partial charge in [0.15, 0.2) is 0 Å². The third kappa shape index (κ3) is 3.73. The number of anilines is 1. The Kier molecular flexibility index (Phi) is 5.29. The number of carbonyl (C=O) groups is 1. The Hall–Kier alpha value is -2.87. The van der Waals surface area contributed by atoms with Crippen LogP contribution in [0.5, 0.6) is 11.5 Å². The predicted octanol–water partition coefficient (Wildman–Crippen LogP) is 3.58. The van der Waals surface area contributed by atoms with Gasteiger partial charge in [-0.25, -0.2) is 14.8 Å². The van der Waals surface area contributed by atoms with E-state index in [1.807, 2.05) is 0 Å². The smallest absolute Gasteiger partial charge is 0.415 e. The van der Waals surface area contributed by atoms with E-state index >= 15 is 0 Å². The van der Waals surface area contributed by atoms with Crippen molar-refractivity contribution in [1.82, 2.24) is 14.9 Å². The van der Waals surface area contributed by atoms with E-state index in [9.17, 15) is 4.79 Å². The molecular formula is C20H22N4O3S. The van der Waals surface area contributed by atoms with Crippen LogP contribution in [0, 0.1) is 0 Å². The molecular weight excluding hydrogens is 376 g/mol. The Labute approximate surface area is 167 Å². The van der Waals surface area contributed by atoms with Crippen LogP contribution >= 0.6 is 11.3 Å². The Balaban J connectivity index is 1.40. The lowest BCUT2D eigenvalue weighted by atomic mass is 10.2. The first kappa shape index (κ1) is 18.5. The number of rotatable bonds is 4. The molecule has 1 aliphatic rings. The van der Waals surface area contributed by atoms with Crippen molar-refractivity contribution < 1.29 is 14.3 Å². The normalized spacial score (nSPS) is 14.4. The Morgan fingerprint density at radius 2 is 1.82 bits per heavy atom. The monoisotopic (exact) mass is 398 g/mol. The van der Waals surface area contributed by atoms with Gasteiger partial charge in [-0.3, -0.25) is 0 Å². The largest absolute Gasteiger partial charge is 0.497 e. The predicted molar refractivity (Wildman–Crippen MR) is 110 cm³/mol. The van der Waals surface area contributed by atoms with Crippen LogP contribution in [0.2, 0.25) is 0 Å². The van der Waals surface area contributed by atoms with Gasteiger partial charge in [0.05, 0.1) is 12.5 Å². The minimum Gasteiger partial charge on any atom is -0.497 e. The minimum atomic E-state index is -0.332. The Bertz CT molecular complexity index is 965. The second kappa shape index (κ2) is 8.02. The van der Waals surface area contributed by atoms with E-state index in [-0.39, 0.29) is 6.09 Å². The molecule has 0 bridgehead atoms. The summed E-state index contributed by atoms with van der Waals surface area (Å²) in [6.45, 7) is 4.74. The lowest BCUT2D eigenvalue weighted by molar-refractivity contribution is 0.149. The molecule has 28 heavy (non-hydrogen) atoms. The molecule has 0 atom stereocenters. The van der Waals surface area contributed by atoms with Crippen LogP contribution in [0.1, 0.15) is 11.8 Å². The van der Waals surface area contributed by atoms with Gasteiger partial charge in [0.1, 0.15) is 28.5 Å². The highest BCUT2D eigenvalue weighted by Gasteiger charge is 2.25. The van der Waals surface area contributed by atoms with Crippen molar-refractivity contribution in [1.29, 1.82) is 0 Å². The number of methoxy groups -OCH3 is 1. The van der Waals surface area contributed by atoms with Crippen LogP contribution in [0.3, 0.4) is 0 Å². The molecule has 0 unspecified atom stereocenters. The molecule has 0 spiro atoms. The van der Waals surface area contributed by atoms with E-state index in [0.29, 0.717) is 31.9 Å². The zero-order chi connectivity index (χ0) is 19.5. The zero-order valence-corrected chi connectivity index (χ0v) is 16.7. The van der Waals surface area contributed by atoms with Gasteiger partial charge < -0.3 is 19.3 Å². The Morgan fingerprint density at radius 3 is 2.50 bits per heavy atom.